The number of sulfonamides is 1. The van der Waals surface area contributed by atoms with Gasteiger partial charge in [0, 0.05) is 19.7 Å². The van der Waals surface area contributed by atoms with E-state index in [0.717, 1.165) is 32.1 Å². The number of unbranched alkanes of at least 4 members (excludes halogenated alkanes) is 2. The Morgan fingerprint density at radius 3 is 2.71 bits per heavy atom. The van der Waals surface area contributed by atoms with Crippen LogP contribution < -0.4 is 0 Å². The Morgan fingerprint density at radius 2 is 2.06 bits per heavy atom. The molecule has 5 heteroatoms. The van der Waals surface area contributed by atoms with Gasteiger partial charge in [-0.05, 0) is 26.2 Å². The van der Waals surface area contributed by atoms with Crippen molar-refractivity contribution in [3.8, 4) is 0 Å². The van der Waals surface area contributed by atoms with Gasteiger partial charge in [0.05, 0.1) is 11.9 Å². The van der Waals surface area contributed by atoms with E-state index in [-0.39, 0.29) is 6.10 Å². The molecule has 0 saturated carbocycles. The van der Waals surface area contributed by atoms with Gasteiger partial charge in [0.2, 0.25) is 10.0 Å². The highest BCUT2D eigenvalue weighted by molar-refractivity contribution is 7.89. The zero-order valence-electron chi connectivity index (χ0n) is 11.0. The summed E-state index contributed by atoms with van der Waals surface area (Å²) in [5.41, 5.74) is 0. The van der Waals surface area contributed by atoms with Crippen molar-refractivity contribution in [1.29, 1.82) is 0 Å². The van der Waals surface area contributed by atoms with Crippen LogP contribution in [-0.4, -0.2) is 44.3 Å². The number of piperidine rings is 1. The molecule has 0 aromatic rings. The molecule has 0 spiro atoms. The molecular weight excluding hydrogens is 238 g/mol. The van der Waals surface area contributed by atoms with E-state index in [0.29, 0.717) is 25.4 Å². The number of nitrogens with zero attached hydrogens (tertiary/aromatic N) is 1. The quantitative estimate of drug-likeness (QED) is 0.660. The van der Waals surface area contributed by atoms with Crippen LogP contribution >= 0.6 is 0 Å². The summed E-state index contributed by atoms with van der Waals surface area (Å²) >= 11 is 0. The minimum Gasteiger partial charge on any atom is -0.377 e. The van der Waals surface area contributed by atoms with Crippen LogP contribution in [0, 0.1) is 0 Å². The molecule has 0 bridgehead atoms. The maximum absolute atomic E-state index is 12.1. The second-order valence-electron chi connectivity index (χ2n) is 4.60. The summed E-state index contributed by atoms with van der Waals surface area (Å²) in [5.74, 6) is 0.291. The molecule has 0 aromatic heterocycles. The van der Waals surface area contributed by atoms with Crippen LogP contribution in [0.5, 0.6) is 0 Å². The summed E-state index contributed by atoms with van der Waals surface area (Å²) in [6.45, 7) is 5.90. The predicted octanol–water partition coefficient (Wildman–Crippen LogP) is 2.01. The molecule has 1 heterocycles. The van der Waals surface area contributed by atoms with Crippen molar-refractivity contribution in [2.45, 2.75) is 52.1 Å². The fourth-order valence-corrected chi connectivity index (χ4v) is 3.82. The highest BCUT2D eigenvalue weighted by atomic mass is 32.2. The number of hydrogen-bond donors (Lipinski definition) is 0. The molecule has 1 rings (SSSR count). The lowest BCUT2D eigenvalue weighted by Crippen LogP contribution is -2.44. The first-order valence-electron chi connectivity index (χ1n) is 6.69. The van der Waals surface area contributed by atoms with E-state index < -0.39 is 10.0 Å². The zero-order valence-corrected chi connectivity index (χ0v) is 11.8. The first-order valence-corrected chi connectivity index (χ1v) is 8.30. The number of hydrogen-bond acceptors (Lipinski definition) is 3. The van der Waals surface area contributed by atoms with Crippen LogP contribution in [0.15, 0.2) is 0 Å². The average Bonchev–Trinajstić information content (AvgIpc) is 2.30. The summed E-state index contributed by atoms with van der Waals surface area (Å²) in [6, 6.07) is 0. The molecule has 1 aliphatic rings. The molecule has 4 nitrogen and oxygen atoms in total. The van der Waals surface area contributed by atoms with E-state index in [1.807, 2.05) is 6.92 Å². The molecule has 1 atom stereocenters. The van der Waals surface area contributed by atoms with Gasteiger partial charge in [0.15, 0.2) is 0 Å². The van der Waals surface area contributed by atoms with Crippen molar-refractivity contribution < 1.29 is 13.2 Å². The Balaban J connectivity index is 2.46. The summed E-state index contributed by atoms with van der Waals surface area (Å²) < 4.78 is 31.3. The van der Waals surface area contributed by atoms with Gasteiger partial charge in [-0.15, -0.1) is 0 Å². The highest BCUT2D eigenvalue weighted by Crippen LogP contribution is 2.17. The second-order valence-corrected chi connectivity index (χ2v) is 6.69. The third-order valence-corrected chi connectivity index (χ3v) is 5.07. The highest BCUT2D eigenvalue weighted by Gasteiger charge is 2.28. The Labute approximate surface area is 105 Å². The van der Waals surface area contributed by atoms with Gasteiger partial charge < -0.3 is 4.74 Å². The fraction of sp³-hybridized carbons (Fsp3) is 1.00. The summed E-state index contributed by atoms with van der Waals surface area (Å²) in [6.07, 6.45) is 4.80. The van der Waals surface area contributed by atoms with Crippen molar-refractivity contribution in [1.82, 2.24) is 4.31 Å². The van der Waals surface area contributed by atoms with E-state index in [4.69, 9.17) is 4.74 Å². The van der Waals surface area contributed by atoms with E-state index >= 15 is 0 Å². The monoisotopic (exact) mass is 263 g/mol. The topological polar surface area (TPSA) is 46.6 Å². The SMILES string of the molecule is CCCCCS(=O)(=O)N1CCCC(OCC)C1. The molecule has 1 fully saturated rings. The summed E-state index contributed by atoms with van der Waals surface area (Å²) in [5, 5.41) is 0. The molecule has 0 aromatic carbocycles. The molecule has 17 heavy (non-hydrogen) atoms. The maximum Gasteiger partial charge on any atom is 0.214 e. The Hall–Kier alpha value is -0.130. The zero-order chi connectivity index (χ0) is 12.7. The Kier molecular flexibility index (Phi) is 6.44. The third kappa shape index (κ3) is 4.94. The van der Waals surface area contributed by atoms with E-state index in [2.05, 4.69) is 6.92 Å². The van der Waals surface area contributed by atoms with Gasteiger partial charge in [0.1, 0.15) is 0 Å². The smallest absolute Gasteiger partial charge is 0.214 e. The van der Waals surface area contributed by atoms with Gasteiger partial charge in [-0.25, -0.2) is 8.42 Å². The standard InChI is InChI=1S/C12H25NO3S/c1-3-5-6-10-17(14,15)13-9-7-8-12(11-13)16-4-2/h12H,3-11H2,1-2H3. The Bertz CT molecular complexity index is 301. The van der Waals surface area contributed by atoms with Crippen LogP contribution in [0.3, 0.4) is 0 Å². The molecule has 1 saturated heterocycles. The minimum atomic E-state index is -3.05. The fourth-order valence-electron chi connectivity index (χ4n) is 2.19. The van der Waals surface area contributed by atoms with Crippen LogP contribution in [-0.2, 0) is 14.8 Å². The molecule has 0 amide bonds. The molecule has 1 unspecified atom stereocenters. The van der Waals surface area contributed by atoms with E-state index in [1.165, 1.54) is 0 Å². The molecule has 1 aliphatic heterocycles. The molecule has 102 valence electrons. The third-order valence-electron chi connectivity index (χ3n) is 3.14. The summed E-state index contributed by atoms with van der Waals surface area (Å²) in [7, 11) is -3.05. The normalized spacial score (nSPS) is 22.8. The van der Waals surface area contributed by atoms with Crippen LogP contribution in [0.1, 0.15) is 46.0 Å². The number of rotatable bonds is 7. The molecule has 0 radical (unpaired) electrons. The lowest BCUT2D eigenvalue weighted by molar-refractivity contribution is 0.0265. The van der Waals surface area contributed by atoms with Crippen molar-refractivity contribution in [3.05, 3.63) is 0 Å². The average molecular weight is 263 g/mol. The van der Waals surface area contributed by atoms with E-state index in [1.54, 1.807) is 4.31 Å². The maximum atomic E-state index is 12.1. The van der Waals surface area contributed by atoms with Crippen LogP contribution in [0.2, 0.25) is 0 Å². The van der Waals surface area contributed by atoms with Gasteiger partial charge in [-0.3, -0.25) is 0 Å². The first kappa shape index (κ1) is 14.9. The van der Waals surface area contributed by atoms with Crippen molar-refractivity contribution in [3.63, 3.8) is 0 Å². The minimum absolute atomic E-state index is 0.0923. The van der Waals surface area contributed by atoms with Crippen molar-refractivity contribution in [2.75, 3.05) is 25.4 Å². The first-order chi connectivity index (χ1) is 8.10. The van der Waals surface area contributed by atoms with Crippen LogP contribution in [0.25, 0.3) is 0 Å². The second kappa shape index (κ2) is 7.34. The lowest BCUT2D eigenvalue weighted by atomic mass is 10.1. The molecule has 0 N–H and O–H groups in total. The molecular formula is C12H25NO3S. The van der Waals surface area contributed by atoms with Gasteiger partial charge in [-0.2, -0.15) is 4.31 Å². The van der Waals surface area contributed by atoms with Gasteiger partial charge >= 0.3 is 0 Å². The van der Waals surface area contributed by atoms with Crippen molar-refractivity contribution >= 4 is 10.0 Å². The largest absolute Gasteiger partial charge is 0.377 e. The predicted molar refractivity (Wildman–Crippen MR) is 69.5 cm³/mol. The summed E-state index contributed by atoms with van der Waals surface area (Å²) in [4.78, 5) is 0. The van der Waals surface area contributed by atoms with Crippen molar-refractivity contribution in [2.24, 2.45) is 0 Å². The lowest BCUT2D eigenvalue weighted by Gasteiger charge is -2.31. The van der Waals surface area contributed by atoms with Crippen LogP contribution in [0.4, 0.5) is 0 Å². The Morgan fingerprint density at radius 1 is 1.29 bits per heavy atom. The molecule has 0 aliphatic carbocycles. The van der Waals surface area contributed by atoms with E-state index in [9.17, 15) is 8.42 Å². The number of ether oxygens (including phenoxy) is 1. The van der Waals surface area contributed by atoms with Gasteiger partial charge in [0.25, 0.3) is 0 Å². The van der Waals surface area contributed by atoms with Gasteiger partial charge in [-0.1, -0.05) is 19.8 Å².